The Hall–Kier alpha value is -1.41. The molecule has 0 aliphatic carbocycles. The van der Waals surface area contributed by atoms with E-state index in [1.807, 2.05) is 0 Å². The van der Waals surface area contributed by atoms with E-state index in [0.29, 0.717) is 4.47 Å². The molecule has 0 heterocycles. The maximum Gasteiger partial charge on any atom is 0.266 e. The number of amides is 1. The van der Waals surface area contributed by atoms with Crippen LogP contribution in [0.3, 0.4) is 0 Å². The van der Waals surface area contributed by atoms with Crippen molar-refractivity contribution in [2.24, 2.45) is 0 Å². The third-order valence-electron chi connectivity index (χ3n) is 2.47. The molecule has 1 aromatic carbocycles. The lowest BCUT2D eigenvalue weighted by Gasteiger charge is -2.15. The number of hydrogen-bond acceptors (Lipinski definition) is 4. The van der Waals surface area contributed by atoms with Gasteiger partial charge in [0.2, 0.25) is 0 Å². The summed E-state index contributed by atoms with van der Waals surface area (Å²) in [6.07, 6.45) is 1.52. The lowest BCUT2D eigenvalue weighted by Crippen LogP contribution is -2.27. The van der Waals surface area contributed by atoms with Gasteiger partial charge in [0.15, 0.2) is 0 Å². The molecule has 1 rings (SSSR count). The number of carbonyl (C=O) groups is 1. The number of carbonyl (C=O) groups excluding carboxylic acids is 1. The summed E-state index contributed by atoms with van der Waals surface area (Å²) in [6, 6.07) is 3.99. The van der Waals surface area contributed by atoms with Gasteiger partial charge >= 0.3 is 0 Å². The summed E-state index contributed by atoms with van der Waals surface area (Å²) in [5.74, 6) is -0.418. The fourth-order valence-electron chi connectivity index (χ4n) is 1.35. The van der Waals surface area contributed by atoms with E-state index >= 15 is 0 Å². The number of benzene rings is 1. The molecular formula is C12H15ClN2O4S. The van der Waals surface area contributed by atoms with Crippen LogP contribution in [0.4, 0.5) is 0 Å². The number of hydroxylamine groups is 1. The molecule has 0 bridgehead atoms. The van der Waals surface area contributed by atoms with Crippen LogP contribution in [0.15, 0.2) is 35.7 Å². The second kappa shape index (κ2) is 6.85. The quantitative estimate of drug-likeness (QED) is 0.636. The molecule has 20 heavy (non-hydrogen) atoms. The van der Waals surface area contributed by atoms with E-state index in [9.17, 15) is 13.2 Å². The van der Waals surface area contributed by atoms with E-state index < -0.39 is 15.9 Å². The topological polar surface area (TPSA) is 75.7 Å². The number of sulfonamides is 1. The van der Waals surface area contributed by atoms with Gasteiger partial charge < -0.3 is 5.32 Å². The molecule has 0 atom stereocenters. The predicted molar refractivity (Wildman–Crippen MR) is 75.9 cm³/mol. The summed E-state index contributed by atoms with van der Waals surface area (Å²) in [5.41, 5.74) is 0.180. The van der Waals surface area contributed by atoms with Crippen LogP contribution in [0.1, 0.15) is 10.4 Å². The van der Waals surface area contributed by atoms with Gasteiger partial charge in [0, 0.05) is 19.2 Å². The Morgan fingerprint density at radius 3 is 2.75 bits per heavy atom. The van der Waals surface area contributed by atoms with Crippen LogP contribution in [0, 0.1) is 0 Å². The standard InChI is InChI=1S/C12H15ClN2O4S/c1-4-7-14-12(16)9-5-6-10(13)11(8-9)20(17,18)15(2)19-3/h4-6,8H,1,7H2,2-3H3,(H,14,16). The molecule has 0 saturated carbocycles. The van der Waals surface area contributed by atoms with Crippen molar-refractivity contribution in [3.05, 3.63) is 41.4 Å². The fraction of sp³-hybridized carbons (Fsp3) is 0.250. The molecule has 0 spiro atoms. The Morgan fingerprint density at radius 1 is 1.55 bits per heavy atom. The van der Waals surface area contributed by atoms with Crippen molar-refractivity contribution in [1.29, 1.82) is 0 Å². The van der Waals surface area contributed by atoms with Gasteiger partial charge in [0.1, 0.15) is 4.90 Å². The van der Waals surface area contributed by atoms with Gasteiger partial charge in [-0.2, -0.15) is 0 Å². The normalized spacial score (nSPS) is 11.4. The van der Waals surface area contributed by atoms with Crippen LogP contribution in [-0.4, -0.2) is 39.5 Å². The average molecular weight is 319 g/mol. The monoisotopic (exact) mass is 318 g/mol. The first-order valence-electron chi connectivity index (χ1n) is 5.56. The number of nitrogens with zero attached hydrogens (tertiary/aromatic N) is 1. The molecule has 110 valence electrons. The van der Waals surface area contributed by atoms with E-state index in [0.717, 1.165) is 0 Å². The van der Waals surface area contributed by atoms with E-state index in [1.54, 1.807) is 0 Å². The molecule has 0 unspecified atom stereocenters. The SMILES string of the molecule is C=CCNC(=O)c1ccc(Cl)c(S(=O)(=O)N(C)OC)c1. The van der Waals surface area contributed by atoms with Crippen molar-refractivity contribution in [3.63, 3.8) is 0 Å². The molecule has 0 aromatic heterocycles. The lowest BCUT2D eigenvalue weighted by molar-refractivity contribution is -0.0258. The van der Waals surface area contributed by atoms with Crippen LogP contribution in [0.2, 0.25) is 5.02 Å². The lowest BCUT2D eigenvalue weighted by atomic mass is 10.2. The smallest absolute Gasteiger partial charge is 0.266 e. The van der Waals surface area contributed by atoms with E-state index in [4.69, 9.17) is 11.6 Å². The maximum atomic E-state index is 12.1. The Labute approximate surface area is 123 Å². The molecule has 0 aliphatic rings. The first-order valence-corrected chi connectivity index (χ1v) is 7.38. The minimum absolute atomic E-state index is 0.00849. The highest BCUT2D eigenvalue weighted by Gasteiger charge is 2.25. The second-order valence-corrected chi connectivity index (χ2v) is 6.05. The highest BCUT2D eigenvalue weighted by molar-refractivity contribution is 7.89. The highest BCUT2D eigenvalue weighted by Crippen LogP contribution is 2.25. The molecule has 0 aliphatic heterocycles. The van der Waals surface area contributed by atoms with Crippen molar-refractivity contribution in [2.45, 2.75) is 4.90 Å². The zero-order valence-electron chi connectivity index (χ0n) is 11.1. The van der Waals surface area contributed by atoms with Crippen molar-refractivity contribution in [2.75, 3.05) is 20.7 Å². The molecule has 6 nitrogen and oxygen atoms in total. The number of rotatable bonds is 6. The van der Waals surface area contributed by atoms with E-state index in [-0.39, 0.29) is 22.0 Å². The summed E-state index contributed by atoms with van der Waals surface area (Å²) >= 11 is 5.88. The molecule has 0 radical (unpaired) electrons. The zero-order valence-corrected chi connectivity index (χ0v) is 12.7. The second-order valence-electron chi connectivity index (χ2n) is 3.74. The van der Waals surface area contributed by atoms with Gasteiger partial charge in [0.05, 0.1) is 12.1 Å². The van der Waals surface area contributed by atoms with Crippen LogP contribution in [0.5, 0.6) is 0 Å². The summed E-state index contributed by atoms with van der Waals surface area (Å²) in [7, 11) is -1.47. The third-order valence-corrected chi connectivity index (χ3v) is 4.64. The molecule has 0 saturated heterocycles. The van der Waals surface area contributed by atoms with Gasteiger partial charge in [-0.05, 0) is 18.2 Å². The first kappa shape index (κ1) is 16.6. The fourth-order valence-corrected chi connectivity index (χ4v) is 2.82. The molecule has 1 aromatic rings. The number of nitrogens with one attached hydrogen (secondary N) is 1. The molecular weight excluding hydrogens is 304 g/mol. The van der Waals surface area contributed by atoms with Crippen LogP contribution in [0.25, 0.3) is 0 Å². The molecule has 0 fully saturated rings. The van der Waals surface area contributed by atoms with E-state index in [1.165, 1.54) is 38.4 Å². The van der Waals surface area contributed by atoms with Crippen LogP contribution in [-0.2, 0) is 14.9 Å². The van der Waals surface area contributed by atoms with Crippen molar-refractivity contribution in [1.82, 2.24) is 9.79 Å². The van der Waals surface area contributed by atoms with Gasteiger partial charge in [-0.25, -0.2) is 8.42 Å². The minimum atomic E-state index is -3.92. The van der Waals surface area contributed by atoms with Gasteiger partial charge in [-0.3, -0.25) is 9.63 Å². The van der Waals surface area contributed by atoms with Gasteiger partial charge in [-0.15, -0.1) is 6.58 Å². The molecule has 1 amide bonds. The number of halogens is 1. The predicted octanol–water partition coefficient (Wildman–Crippen LogP) is 1.44. The van der Waals surface area contributed by atoms with Crippen molar-refractivity contribution >= 4 is 27.5 Å². The Balaban J connectivity index is 3.22. The Bertz CT molecular complexity index is 616. The Kier molecular flexibility index (Phi) is 5.70. The molecule has 1 N–H and O–H groups in total. The van der Waals surface area contributed by atoms with Crippen molar-refractivity contribution in [3.8, 4) is 0 Å². The summed E-state index contributed by atoms with van der Waals surface area (Å²) in [5, 5.41) is 2.56. The van der Waals surface area contributed by atoms with Gasteiger partial charge in [-0.1, -0.05) is 22.1 Å². The van der Waals surface area contributed by atoms with Crippen molar-refractivity contribution < 1.29 is 18.0 Å². The maximum absolute atomic E-state index is 12.1. The van der Waals surface area contributed by atoms with E-state index in [2.05, 4.69) is 16.7 Å². The average Bonchev–Trinajstić information content (AvgIpc) is 2.43. The summed E-state index contributed by atoms with van der Waals surface area (Å²) < 4.78 is 24.9. The third kappa shape index (κ3) is 3.57. The summed E-state index contributed by atoms with van der Waals surface area (Å²) in [6.45, 7) is 3.76. The highest BCUT2D eigenvalue weighted by atomic mass is 35.5. The first-order chi connectivity index (χ1) is 9.34. The van der Waals surface area contributed by atoms with Gasteiger partial charge in [0.25, 0.3) is 15.9 Å². The zero-order chi connectivity index (χ0) is 15.3. The molecule has 8 heteroatoms. The summed E-state index contributed by atoms with van der Waals surface area (Å²) in [4.78, 5) is 16.3. The minimum Gasteiger partial charge on any atom is -0.349 e. The van der Waals surface area contributed by atoms with Crippen LogP contribution < -0.4 is 5.32 Å². The largest absolute Gasteiger partial charge is 0.349 e. The number of hydrogen-bond donors (Lipinski definition) is 1. The Morgan fingerprint density at radius 2 is 2.20 bits per heavy atom. The van der Waals surface area contributed by atoms with Crippen LogP contribution >= 0.6 is 11.6 Å².